The van der Waals surface area contributed by atoms with Crippen LogP contribution >= 0.6 is 23.1 Å². The summed E-state index contributed by atoms with van der Waals surface area (Å²) < 4.78 is 11.0. The molecule has 1 aliphatic carbocycles. The lowest BCUT2D eigenvalue weighted by Gasteiger charge is -2.16. The monoisotopic (exact) mass is 453 g/mol. The molecule has 2 heterocycles. The number of hydrogen-bond acceptors (Lipinski definition) is 10. The van der Waals surface area contributed by atoms with E-state index in [1.165, 1.54) is 30.1 Å². The van der Waals surface area contributed by atoms with Crippen LogP contribution in [0.2, 0.25) is 0 Å². The van der Waals surface area contributed by atoms with E-state index in [0.29, 0.717) is 15.7 Å². The van der Waals surface area contributed by atoms with Crippen molar-refractivity contribution in [3.63, 3.8) is 0 Å². The molecule has 0 aromatic carbocycles. The van der Waals surface area contributed by atoms with Gasteiger partial charge in [0.25, 0.3) is 0 Å². The van der Waals surface area contributed by atoms with Crippen molar-refractivity contribution in [3.05, 3.63) is 16.0 Å². The molecule has 3 rings (SSSR count). The third kappa shape index (κ3) is 4.43. The molecule has 1 aliphatic rings. The summed E-state index contributed by atoms with van der Waals surface area (Å²) in [6.07, 6.45) is 3.71. The minimum atomic E-state index is -0.773. The van der Waals surface area contributed by atoms with Gasteiger partial charge < -0.3 is 20.5 Å². The number of thioether (sulfide) groups is 1. The van der Waals surface area contributed by atoms with Crippen LogP contribution in [0, 0.1) is 0 Å². The van der Waals surface area contributed by atoms with Crippen LogP contribution in [-0.4, -0.2) is 52.6 Å². The number of esters is 2. The second kappa shape index (κ2) is 9.47. The first kappa shape index (κ1) is 22.1. The Morgan fingerprint density at radius 3 is 2.67 bits per heavy atom. The van der Waals surface area contributed by atoms with Crippen molar-refractivity contribution < 1.29 is 23.9 Å². The van der Waals surface area contributed by atoms with Gasteiger partial charge in [-0.3, -0.25) is 14.2 Å². The average Bonchev–Trinajstić information content (AvgIpc) is 3.30. The lowest BCUT2D eigenvalue weighted by molar-refractivity contribution is -0.137. The maximum absolute atomic E-state index is 13.0. The highest BCUT2D eigenvalue weighted by atomic mass is 32.2. The summed E-state index contributed by atoms with van der Waals surface area (Å²) in [4.78, 5) is 37.9. The van der Waals surface area contributed by atoms with Gasteiger partial charge in [0.2, 0.25) is 11.9 Å². The van der Waals surface area contributed by atoms with E-state index in [1.807, 2.05) is 0 Å². The molecule has 12 heteroatoms. The smallest absolute Gasteiger partial charge is 0.341 e. The largest absolute Gasteiger partial charge is 0.468 e. The molecular weight excluding hydrogens is 430 g/mol. The number of fused-ring (bicyclic) bond motifs is 1. The molecule has 1 unspecified atom stereocenters. The highest BCUT2D eigenvalue weighted by Crippen LogP contribution is 2.39. The van der Waals surface area contributed by atoms with Crippen molar-refractivity contribution in [3.8, 4) is 0 Å². The maximum Gasteiger partial charge on any atom is 0.341 e. The Labute approximate surface area is 181 Å². The number of aryl methyl sites for hydroxylation is 1. The number of nitrogens with zero attached hydrogens (tertiary/aromatic N) is 3. The quantitative estimate of drug-likeness (QED) is 0.476. The number of carbonyl (C=O) groups excluding carboxylic acids is 3. The molecule has 0 spiro atoms. The first-order chi connectivity index (χ1) is 14.4. The fourth-order valence-electron chi connectivity index (χ4n) is 3.24. The average molecular weight is 454 g/mol. The van der Waals surface area contributed by atoms with Crippen LogP contribution in [0.5, 0.6) is 0 Å². The predicted molar refractivity (Wildman–Crippen MR) is 113 cm³/mol. The molecule has 1 atom stereocenters. The molecule has 0 saturated carbocycles. The van der Waals surface area contributed by atoms with Crippen molar-refractivity contribution in [2.24, 2.45) is 0 Å². The van der Waals surface area contributed by atoms with Gasteiger partial charge in [0, 0.05) is 4.88 Å². The Morgan fingerprint density at radius 1 is 1.23 bits per heavy atom. The van der Waals surface area contributed by atoms with E-state index < -0.39 is 18.0 Å². The highest BCUT2D eigenvalue weighted by Gasteiger charge is 2.29. The Hall–Kier alpha value is -2.60. The van der Waals surface area contributed by atoms with Crippen molar-refractivity contribution in [1.29, 1.82) is 0 Å². The maximum atomic E-state index is 13.0. The van der Waals surface area contributed by atoms with Crippen LogP contribution in [-0.2, 0) is 31.9 Å². The molecule has 2 aromatic rings. The van der Waals surface area contributed by atoms with E-state index in [2.05, 4.69) is 20.3 Å². The minimum absolute atomic E-state index is 0.00705. The lowest BCUT2D eigenvalue weighted by Crippen LogP contribution is -2.26. The number of anilines is 2. The Bertz CT molecular complexity index is 971. The Morgan fingerprint density at radius 2 is 1.97 bits per heavy atom. The second-order valence-corrected chi connectivity index (χ2v) is 8.70. The van der Waals surface area contributed by atoms with Gasteiger partial charge in [0.15, 0.2) is 5.16 Å². The molecule has 10 nitrogen and oxygen atoms in total. The van der Waals surface area contributed by atoms with Crippen LogP contribution in [0.3, 0.4) is 0 Å². The third-order valence-corrected chi connectivity index (χ3v) is 6.93. The number of amides is 1. The molecular formula is C18H23N5O5S2. The Balaban J connectivity index is 1.83. The number of hydrogen-bond donors (Lipinski definition) is 2. The summed E-state index contributed by atoms with van der Waals surface area (Å²) in [6.45, 7) is 1.64. The third-order valence-electron chi connectivity index (χ3n) is 4.80. The van der Waals surface area contributed by atoms with Crippen molar-refractivity contribution in [2.75, 3.05) is 31.0 Å². The van der Waals surface area contributed by atoms with E-state index in [0.717, 1.165) is 47.9 Å². The van der Waals surface area contributed by atoms with Gasteiger partial charge in [-0.25, -0.2) is 4.79 Å². The predicted octanol–water partition coefficient (Wildman–Crippen LogP) is 2.05. The summed E-state index contributed by atoms with van der Waals surface area (Å²) >= 11 is 2.47. The fraction of sp³-hybridized carbons (Fsp3) is 0.500. The van der Waals surface area contributed by atoms with Gasteiger partial charge in [0.1, 0.15) is 11.0 Å². The fourth-order valence-corrected chi connectivity index (χ4v) is 5.37. The SMILES string of the molecule is COC(=O)CSc1nnc(N)n1C(C)C(=O)Nc1sc2c(c1C(=O)OC)CCCC2. The second-order valence-electron chi connectivity index (χ2n) is 6.65. The number of ether oxygens (including phenoxy) is 2. The number of aromatic nitrogens is 3. The zero-order valence-corrected chi connectivity index (χ0v) is 18.5. The van der Waals surface area contributed by atoms with Gasteiger partial charge in [-0.1, -0.05) is 11.8 Å². The standard InChI is InChI=1S/C18H23N5O5S2/c1-9(23-17(19)21-22-18(23)29-8-12(24)27-2)14(25)20-15-13(16(26)28-3)10-6-4-5-7-11(10)30-15/h9H,4-8H2,1-3H3,(H2,19,21)(H,20,25). The highest BCUT2D eigenvalue weighted by molar-refractivity contribution is 7.99. The molecule has 162 valence electrons. The van der Waals surface area contributed by atoms with E-state index in [9.17, 15) is 14.4 Å². The Kier molecular flexibility index (Phi) is 6.98. The zero-order chi connectivity index (χ0) is 21.8. The number of nitrogens with one attached hydrogen (secondary N) is 1. The lowest BCUT2D eigenvalue weighted by atomic mass is 9.95. The molecule has 0 aliphatic heterocycles. The van der Waals surface area contributed by atoms with Gasteiger partial charge in [-0.2, -0.15) is 0 Å². The summed E-state index contributed by atoms with van der Waals surface area (Å²) in [5.41, 5.74) is 7.28. The van der Waals surface area contributed by atoms with Gasteiger partial charge in [-0.05, 0) is 38.2 Å². The zero-order valence-electron chi connectivity index (χ0n) is 16.9. The van der Waals surface area contributed by atoms with E-state index in [4.69, 9.17) is 10.5 Å². The van der Waals surface area contributed by atoms with E-state index in [1.54, 1.807) is 6.92 Å². The first-order valence-corrected chi connectivity index (χ1v) is 11.1. The molecule has 3 N–H and O–H groups in total. The molecule has 0 saturated heterocycles. The van der Waals surface area contributed by atoms with Gasteiger partial charge in [-0.15, -0.1) is 21.5 Å². The van der Waals surface area contributed by atoms with Gasteiger partial charge in [0.05, 0.1) is 25.5 Å². The van der Waals surface area contributed by atoms with Crippen LogP contribution in [0.25, 0.3) is 0 Å². The normalized spacial score (nSPS) is 14.0. The number of nitrogens with two attached hydrogens (primary N) is 1. The molecule has 0 fully saturated rings. The van der Waals surface area contributed by atoms with Crippen molar-refractivity contribution in [2.45, 2.75) is 43.8 Å². The summed E-state index contributed by atoms with van der Waals surface area (Å²) in [5.74, 6) is -1.23. The topological polar surface area (TPSA) is 138 Å². The summed E-state index contributed by atoms with van der Waals surface area (Å²) in [6, 6.07) is -0.773. The van der Waals surface area contributed by atoms with Crippen LogP contribution in [0.15, 0.2) is 5.16 Å². The number of rotatable bonds is 7. The van der Waals surface area contributed by atoms with E-state index >= 15 is 0 Å². The minimum Gasteiger partial charge on any atom is -0.468 e. The summed E-state index contributed by atoms with van der Waals surface area (Å²) in [5, 5.41) is 11.4. The first-order valence-electron chi connectivity index (χ1n) is 9.31. The van der Waals surface area contributed by atoms with Gasteiger partial charge >= 0.3 is 11.9 Å². The van der Waals surface area contributed by atoms with Crippen molar-refractivity contribution in [1.82, 2.24) is 14.8 Å². The molecule has 30 heavy (non-hydrogen) atoms. The number of carbonyl (C=O) groups is 3. The number of thiophene rings is 1. The number of methoxy groups -OCH3 is 2. The molecule has 0 radical (unpaired) electrons. The van der Waals surface area contributed by atoms with Crippen LogP contribution < -0.4 is 11.1 Å². The van der Waals surface area contributed by atoms with Crippen molar-refractivity contribution >= 4 is 51.9 Å². The molecule has 0 bridgehead atoms. The summed E-state index contributed by atoms with van der Waals surface area (Å²) in [7, 11) is 2.61. The molecule has 2 aromatic heterocycles. The molecule has 1 amide bonds. The van der Waals surface area contributed by atoms with E-state index in [-0.39, 0.29) is 17.6 Å². The van der Waals surface area contributed by atoms with Crippen LogP contribution in [0.1, 0.15) is 46.6 Å². The van der Waals surface area contributed by atoms with Crippen LogP contribution in [0.4, 0.5) is 10.9 Å². The number of nitrogen functional groups attached to an aromatic ring is 1.